The summed E-state index contributed by atoms with van der Waals surface area (Å²) in [5.41, 5.74) is 0. The van der Waals surface area contributed by atoms with Crippen LogP contribution in [0.15, 0.2) is 0 Å². The highest BCUT2D eigenvalue weighted by Gasteiger charge is 2.44. The average molecular weight is 267 g/mol. The molecule has 0 spiro atoms. The van der Waals surface area contributed by atoms with E-state index in [0.717, 1.165) is 0 Å². The van der Waals surface area contributed by atoms with Crippen molar-refractivity contribution in [2.75, 3.05) is 19.5 Å². The lowest BCUT2D eigenvalue weighted by Gasteiger charge is -2.41. The highest BCUT2D eigenvalue weighted by Crippen LogP contribution is 2.21. The molecule has 4 N–H and O–H groups in total. The number of nitrogens with one attached hydrogen (secondary N) is 1. The average Bonchev–Trinajstić information content (AvgIpc) is 2.35. The van der Waals surface area contributed by atoms with Crippen molar-refractivity contribution in [1.29, 1.82) is 0 Å². The van der Waals surface area contributed by atoms with E-state index in [-0.39, 0.29) is 5.75 Å². The highest BCUT2D eigenvalue weighted by atomic mass is 32.1. The van der Waals surface area contributed by atoms with Crippen molar-refractivity contribution in [3.05, 3.63) is 0 Å². The number of thiol groups is 1. The van der Waals surface area contributed by atoms with Gasteiger partial charge >= 0.3 is 0 Å². The Labute approximate surface area is 104 Å². The third-order valence-electron chi connectivity index (χ3n) is 2.58. The zero-order valence-electron chi connectivity index (χ0n) is 9.31. The van der Waals surface area contributed by atoms with E-state index in [9.17, 15) is 15.0 Å². The van der Waals surface area contributed by atoms with Gasteiger partial charge in [0.25, 0.3) is 0 Å². The zero-order chi connectivity index (χ0) is 13.0. The lowest BCUT2D eigenvalue weighted by atomic mass is 9.97. The molecule has 0 aromatic carbocycles. The van der Waals surface area contributed by atoms with Crippen LogP contribution in [0.3, 0.4) is 0 Å². The number of carbonyl (C=O) groups excluding carboxylic acids is 1. The molecule has 5 atom stereocenters. The second-order valence-corrected chi connectivity index (χ2v) is 4.01. The SMILES string of the molecule is CO[C@@H]1OC(CO)[C@@H](O)[C@H](O)C1NC(=O)CS. The van der Waals surface area contributed by atoms with Crippen molar-refractivity contribution in [3.8, 4) is 0 Å². The molecule has 1 fully saturated rings. The fourth-order valence-corrected chi connectivity index (χ4v) is 1.76. The third kappa shape index (κ3) is 3.30. The monoisotopic (exact) mass is 267 g/mol. The molecule has 1 rings (SSSR count). The molecule has 0 bridgehead atoms. The number of aliphatic hydroxyl groups is 3. The van der Waals surface area contributed by atoms with Crippen LogP contribution in [0.5, 0.6) is 0 Å². The molecule has 2 unspecified atom stereocenters. The summed E-state index contributed by atoms with van der Waals surface area (Å²) in [5.74, 6) is -0.475. The molecule has 0 aliphatic carbocycles. The van der Waals surface area contributed by atoms with E-state index in [4.69, 9.17) is 14.6 Å². The van der Waals surface area contributed by atoms with Crippen LogP contribution in [-0.4, -0.2) is 71.3 Å². The summed E-state index contributed by atoms with van der Waals surface area (Å²) in [5, 5.41) is 30.9. The first-order chi connectivity index (χ1) is 8.04. The van der Waals surface area contributed by atoms with Gasteiger partial charge in [-0.2, -0.15) is 12.6 Å². The molecule has 0 aromatic heterocycles. The van der Waals surface area contributed by atoms with Crippen LogP contribution in [0.4, 0.5) is 0 Å². The van der Waals surface area contributed by atoms with E-state index >= 15 is 0 Å². The number of rotatable bonds is 4. The molecular formula is C9H17NO6S. The maximum atomic E-state index is 11.2. The molecule has 0 radical (unpaired) electrons. The Morgan fingerprint density at radius 1 is 1.47 bits per heavy atom. The minimum atomic E-state index is -1.29. The van der Waals surface area contributed by atoms with Gasteiger partial charge in [-0.15, -0.1) is 0 Å². The van der Waals surface area contributed by atoms with E-state index in [1.54, 1.807) is 0 Å². The first kappa shape index (κ1) is 14.7. The number of ether oxygens (including phenoxy) is 2. The summed E-state index contributed by atoms with van der Waals surface area (Å²) in [4.78, 5) is 11.2. The minimum absolute atomic E-state index is 0.0564. The van der Waals surface area contributed by atoms with Gasteiger partial charge in [-0.3, -0.25) is 4.79 Å². The number of hydrogen-bond donors (Lipinski definition) is 5. The van der Waals surface area contributed by atoms with Gasteiger partial charge in [-0.1, -0.05) is 0 Å². The Balaban J connectivity index is 2.75. The maximum absolute atomic E-state index is 11.2. The molecule has 0 saturated carbocycles. The first-order valence-electron chi connectivity index (χ1n) is 5.10. The van der Waals surface area contributed by atoms with Crippen LogP contribution in [-0.2, 0) is 14.3 Å². The van der Waals surface area contributed by atoms with Crippen molar-refractivity contribution in [1.82, 2.24) is 5.32 Å². The molecule has 0 aromatic rings. The van der Waals surface area contributed by atoms with Crippen molar-refractivity contribution in [2.45, 2.75) is 30.6 Å². The predicted octanol–water partition coefficient (Wildman–Crippen LogP) is -2.51. The van der Waals surface area contributed by atoms with Gasteiger partial charge in [0, 0.05) is 7.11 Å². The predicted molar refractivity (Wildman–Crippen MR) is 60.6 cm³/mol. The summed E-state index contributed by atoms with van der Waals surface area (Å²) >= 11 is 3.78. The number of carbonyl (C=O) groups is 1. The van der Waals surface area contributed by atoms with Crippen molar-refractivity contribution in [2.24, 2.45) is 0 Å². The number of hydrogen-bond acceptors (Lipinski definition) is 7. The minimum Gasteiger partial charge on any atom is -0.394 e. The molecule has 1 saturated heterocycles. The Hall–Kier alpha value is -0.380. The smallest absolute Gasteiger partial charge is 0.230 e. The van der Waals surface area contributed by atoms with E-state index in [2.05, 4.69) is 17.9 Å². The van der Waals surface area contributed by atoms with E-state index in [1.807, 2.05) is 0 Å². The third-order valence-corrected chi connectivity index (χ3v) is 2.87. The number of methoxy groups -OCH3 is 1. The maximum Gasteiger partial charge on any atom is 0.230 e. The fourth-order valence-electron chi connectivity index (χ4n) is 1.67. The molecule has 1 aliphatic rings. The van der Waals surface area contributed by atoms with Crippen LogP contribution < -0.4 is 5.32 Å². The van der Waals surface area contributed by atoms with E-state index < -0.39 is 43.2 Å². The van der Waals surface area contributed by atoms with Crippen LogP contribution >= 0.6 is 12.6 Å². The molecule has 17 heavy (non-hydrogen) atoms. The van der Waals surface area contributed by atoms with Crippen molar-refractivity contribution in [3.63, 3.8) is 0 Å². The van der Waals surface area contributed by atoms with Gasteiger partial charge in [-0.05, 0) is 0 Å². The van der Waals surface area contributed by atoms with E-state index in [0.29, 0.717) is 0 Å². The largest absolute Gasteiger partial charge is 0.394 e. The summed E-state index contributed by atoms with van der Waals surface area (Å²) in [6.45, 7) is -0.453. The molecule has 8 heteroatoms. The number of amides is 1. The van der Waals surface area contributed by atoms with Gasteiger partial charge in [0.05, 0.1) is 12.4 Å². The second kappa shape index (κ2) is 6.53. The zero-order valence-corrected chi connectivity index (χ0v) is 10.2. The highest BCUT2D eigenvalue weighted by molar-refractivity contribution is 7.81. The molecule has 1 aliphatic heterocycles. The first-order valence-corrected chi connectivity index (χ1v) is 5.73. The van der Waals surface area contributed by atoms with Gasteiger partial charge in [-0.25, -0.2) is 0 Å². The quantitative estimate of drug-likeness (QED) is 0.360. The Morgan fingerprint density at radius 3 is 2.59 bits per heavy atom. The van der Waals surface area contributed by atoms with Gasteiger partial charge < -0.3 is 30.1 Å². The molecule has 1 amide bonds. The molecule has 100 valence electrons. The van der Waals surface area contributed by atoms with Crippen LogP contribution in [0.2, 0.25) is 0 Å². The van der Waals surface area contributed by atoms with Crippen LogP contribution in [0.1, 0.15) is 0 Å². The number of aliphatic hydroxyl groups excluding tert-OH is 3. The Kier molecular flexibility index (Phi) is 5.63. The Morgan fingerprint density at radius 2 is 2.12 bits per heavy atom. The normalized spacial score (nSPS) is 37.8. The van der Waals surface area contributed by atoms with Crippen molar-refractivity contribution < 1.29 is 29.6 Å². The standard InChI is InChI=1S/C9H17NO6S/c1-15-9-6(10-5(12)3-17)8(14)7(13)4(2-11)16-9/h4,6-9,11,13-14,17H,2-3H2,1H3,(H,10,12)/t4?,6?,7-,8-,9-/m1/s1. The van der Waals surface area contributed by atoms with Crippen LogP contribution in [0, 0.1) is 0 Å². The molecule has 7 nitrogen and oxygen atoms in total. The summed E-state index contributed by atoms with van der Waals surface area (Å²) in [6.07, 6.45) is -4.46. The Bertz CT molecular complexity index is 264. The lowest BCUT2D eigenvalue weighted by Crippen LogP contribution is -2.64. The molecule has 1 heterocycles. The summed E-state index contributed by atoms with van der Waals surface area (Å²) in [7, 11) is 1.34. The van der Waals surface area contributed by atoms with E-state index in [1.165, 1.54) is 7.11 Å². The molecular weight excluding hydrogens is 250 g/mol. The van der Waals surface area contributed by atoms with Crippen molar-refractivity contribution >= 4 is 18.5 Å². The van der Waals surface area contributed by atoms with Gasteiger partial charge in [0.15, 0.2) is 6.29 Å². The summed E-state index contributed by atoms with van der Waals surface area (Å²) < 4.78 is 10.2. The van der Waals surface area contributed by atoms with Gasteiger partial charge in [0.2, 0.25) is 5.91 Å². The summed E-state index contributed by atoms with van der Waals surface area (Å²) in [6, 6.07) is -0.905. The van der Waals surface area contributed by atoms with Gasteiger partial charge in [0.1, 0.15) is 24.4 Å². The topological polar surface area (TPSA) is 108 Å². The second-order valence-electron chi connectivity index (χ2n) is 3.69. The van der Waals surface area contributed by atoms with Crippen LogP contribution in [0.25, 0.3) is 0 Å². The fraction of sp³-hybridized carbons (Fsp3) is 0.889. The lowest BCUT2D eigenvalue weighted by molar-refractivity contribution is -0.262.